The number of carbonyl (C=O) groups is 1. The second-order valence-electron chi connectivity index (χ2n) is 12.3. The van der Waals surface area contributed by atoms with Crippen molar-refractivity contribution in [2.24, 2.45) is 16.2 Å². The highest BCUT2D eigenvalue weighted by atomic mass is 16.5. The van der Waals surface area contributed by atoms with Crippen molar-refractivity contribution in [3.63, 3.8) is 0 Å². The zero-order valence-corrected chi connectivity index (χ0v) is 22.8. The summed E-state index contributed by atoms with van der Waals surface area (Å²) in [5.41, 5.74) is -0.755. The fraction of sp³-hybridized carbons (Fsp3) is 0.963. The fourth-order valence-corrected chi connectivity index (χ4v) is 5.21. The summed E-state index contributed by atoms with van der Waals surface area (Å²) < 4.78 is 13.0. The number of Topliss-reactive ketones (excluding diaryl/α,β-unsaturated/α-hetero) is 1. The van der Waals surface area contributed by atoms with Crippen LogP contribution in [0.4, 0.5) is 0 Å². The standard InChI is InChI=1S/C27H54O3/c1-14-26(15-2,29-19-18-23(6,7)8)22(28)21(5)30-27(16-3,17-4)25(12,13)20-24(9,10)11/h21H,14-20H2,1-13H3. The normalized spacial score (nSPS) is 15.4. The highest BCUT2D eigenvalue weighted by molar-refractivity contribution is 5.91. The van der Waals surface area contributed by atoms with Crippen molar-refractivity contribution in [1.82, 2.24) is 0 Å². The van der Waals surface area contributed by atoms with Gasteiger partial charge < -0.3 is 9.47 Å². The Balaban J connectivity index is 5.69. The Bertz CT molecular complexity index is 511. The Morgan fingerprint density at radius 1 is 0.767 bits per heavy atom. The summed E-state index contributed by atoms with van der Waals surface area (Å²) in [6.07, 6.45) is 4.62. The van der Waals surface area contributed by atoms with Crippen LogP contribution < -0.4 is 0 Å². The minimum absolute atomic E-state index is 0.0442. The average molecular weight is 427 g/mol. The van der Waals surface area contributed by atoms with Crippen LogP contribution in [-0.2, 0) is 14.3 Å². The Kier molecular flexibility index (Phi) is 10.8. The predicted molar refractivity (Wildman–Crippen MR) is 130 cm³/mol. The van der Waals surface area contributed by atoms with Gasteiger partial charge in [0.1, 0.15) is 11.7 Å². The number of ether oxygens (including phenoxy) is 2. The number of ketones is 1. The van der Waals surface area contributed by atoms with Gasteiger partial charge in [-0.2, -0.15) is 0 Å². The smallest absolute Gasteiger partial charge is 0.192 e. The molecule has 0 radical (unpaired) electrons. The molecular weight excluding hydrogens is 372 g/mol. The van der Waals surface area contributed by atoms with Crippen LogP contribution in [-0.4, -0.2) is 29.7 Å². The van der Waals surface area contributed by atoms with E-state index in [1.54, 1.807) is 0 Å². The molecule has 0 fully saturated rings. The molecule has 0 rings (SSSR count). The van der Waals surface area contributed by atoms with E-state index < -0.39 is 11.7 Å². The van der Waals surface area contributed by atoms with Crippen LogP contribution in [0.2, 0.25) is 0 Å². The van der Waals surface area contributed by atoms with Gasteiger partial charge >= 0.3 is 0 Å². The molecule has 0 aliphatic carbocycles. The van der Waals surface area contributed by atoms with E-state index in [0.29, 0.717) is 19.4 Å². The number of rotatable bonds is 13. The molecule has 3 heteroatoms. The fourth-order valence-electron chi connectivity index (χ4n) is 5.21. The van der Waals surface area contributed by atoms with Crippen LogP contribution in [0.1, 0.15) is 129 Å². The van der Waals surface area contributed by atoms with E-state index in [2.05, 4.69) is 83.1 Å². The van der Waals surface area contributed by atoms with Gasteiger partial charge in [0.2, 0.25) is 0 Å². The van der Waals surface area contributed by atoms with Crippen LogP contribution in [0, 0.1) is 16.2 Å². The Morgan fingerprint density at radius 2 is 1.23 bits per heavy atom. The van der Waals surface area contributed by atoms with Crippen molar-refractivity contribution in [3.8, 4) is 0 Å². The lowest BCUT2D eigenvalue weighted by atomic mass is 9.64. The number of hydrogen-bond acceptors (Lipinski definition) is 3. The van der Waals surface area contributed by atoms with E-state index in [-0.39, 0.29) is 27.6 Å². The molecule has 0 aromatic heterocycles. The maximum Gasteiger partial charge on any atom is 0.192 e. The van der Waals surface area contributed by atoms with Gasteiger partial charge in [0, 0.05) is 6.61 Å². The van der Waals surface area contributed by atoms with Crippen molar-refractivity contribution in [2.75, 3.05) is 6.61 Å². The molecule has 180 valence electrons. The van der Waals surface area contributed by atoms with E-state index in [1.165, 1.54) is 0 Å². The van der Waals surface area contributed by atoms with Gasteiger partial charge in [-0.05, 0) is 61.7 Å². The molecule has 0 spiro atoms. The van der Waals surface area contributed by atoms with E-state index in [4.69, 9.17) is 9.47 Å². The molecule has 0 saturated heterocycles. The first-order valence-electron chi connectivity index (χ1n) is 12.3. The third kappa shape index (κ3) is 7.93. The first-order chi connectivity index (χ1) is 13.4. The summed E-state index contributed by atoms with van der Waals surface area (Å²) >= 11 is 0. The summed E-state index contributed by atoms with van der Waals surface area (Å²) in [5, 5.41) is 0. The molecule has 0 aliphatic rings. The second-order valence-corrected chi connectivity index (χ2v) is 12.3. The minimum Gasteiger partial charge on any atom is -0.367 e. The Labute approximate surface area is 189 Å². The molecule has 3 nitrogen and oxygen atoms in total. The molecule has 0 N–H and O–H groups in total. The van der Waals surface area contributed by atoms with E-state index >= 15 is 0 Å². The van der Waals surface area contributed by atoms with Crippen LogP contribution in [0.25, 0.3) is 0 Å². The van der Waals surface area contributed by atoms with Crippen molar-refractivity contribution >= 4 is 5.78 Å². The molecular formula is C27H54O3. The zero-order chi connectivity index (χ0) is 24.0. The molecule has 0 aromatic rings. The van der Waals surface area contributed by atoms with E-state index in [9.17, 15) is 4.79 Å². The molecule has 1 atom stereocenters. The molecule has 0 aromatic carbocycles. The Morgan fingerprint density at radius 3 is 1.57 bits per heavy atom. The lowest BCUT2D eigenvalue weighted by molar-refractivity contribution is -0.191. The number of carbonyl (C=O) groups excluding carboxylic acids is 1. The predicted octanol–water partition coefficient (Wildman–Crippen LogP) is 7.99. The average Bonchev–Trinajstić information content (AvgIpc) is 2.59. The first kappa shape index (κ1) is 29.6. The summed E-state index contributed by atoms with van der Waals surface area (Å²) in [6, 6.07) is 0. The van der Waals surface area contributed by atoms with Crippen LogP contribution in [0.3, 0.4) is 0 Å². The molecule has 0 heterocycles. The van der Waals surface area contributed by atoms with Crippen LogP contribution in [0.15, 0.2) is 0 Å². The van der Waals surface area contributed by atoms with E-state index in [1.807, 2.05) is 6.92 Å². The maximum absolute atomic E-state index is 13.7. The first-order valence-corrected chi connectivity index (χ1v) is 12.3. The molecule has 0 saturated carbocycles. The third-order valence-electron chi connectivity index (χ3n) is 6.94. The van der Waals surface area contributed by atoms with E-state index in [0.717, 1.165) is 25.7 Å². The molecule has 0 amide bonds. The van der Waals surface area contributed by atoms with Gasteiger partial charge in [-0.1, -0.05) is 83.1 Å². The van der Waals surface area contributed by atoms with Crippen molar-refractivity contribution in [3.05, 3.63) is 0 Å². The zero-order valence-electron chi connectivity index (χ0n) is 22.8. The molecule has 30 heavy (non-hydrogen) atoms. The Hall–Kier alpha value is -0.410. The summed E-state index contributed by atoms with van der Waals surface area (Å²) in [4.78, 5) is 13.7. The van der Waals surface area contributed by atoms with Crippen molar-refractivity contribution in [1.29, 1.82) is 0 Å². The largest absolute Gasteiger partial charge is 0.367 e. The lowest BCUT2D eigenvalue weighted by Crippen LogP contribution is -2.54. The quantitative estimate of drug-likeness (QED) is 0.299. The van der Waals surface area contributed by atoms with Crippen molar-refractivity contribution < 1.29 is 14.3 Å². The highest BCUT2D eigenvalue weighted by Gasteiger charge is 2.49. The van der Waals surface area contributed by atoms with Gasteiger partial charge in [0.25, 0.3) is 0 Å². The minimum atomic E-state index is -0.758. The summed E-state index contributed by atoms with van der Waals surface area (Å²) in [5.74, 6) is 0.0965. The van der Waals surface area contributed by atoms with Gasteiger partial charge in [-0.15, -0.1) is 0 Å². The van der Waals surface area contributed by atoms with Gasteiger partial charge in [-0.3, -0.25) is 4.79 Å². The topological polar surface area (TPSA) is 35.5 Å². The summed E-state index contributed by atoms with van der Waals surface area (Å²) in [7, 11) is 0. The maximum atomic E-state index is 13.7. The number of hydrogen-bond donors (Lipinski definition) is 0. The monoisotopic (exact) mass is 426 g/mol. The van der Waals surface area contributed by atoms with Crippen molar-refractivity contribution in [2.45, 2.75) is 146 Å². The highest BCUT2D eigenvalue weighted by Crippen LogP contribution is 2.48. The lowest BCUT2D eigenvalue weighted by Gasteiger charge is -2.50. The third-order valence-corrected chi connectivity index (χ3v) is 6.94. The van der Waals surface area contributed by atoms with Crippen LogP contribution >= 0.6 is 0 Å². The van der Waals surface area contributed by atoms with Crippen LogP contribution in [0.5, 0.6) is 0 Å². The van der Waals surface area contributed by atoms with Gasteiger partial charge in [-0.25, -0.2) is 0 Å². The van der Waals surface area contributed by atoms with Gasteiger partial charge in [0.15, 0.2) is 5.78 Å². The molecule has 0 aliphatic heterocycles. The second kappa shape index (κ2) is 10.9. The van der Waals surface area contributed by atoms with Gasteiger partial charge in [0.05, 0.1) is 5.60 Å². The molecule has 1 unspecified atom stereocenters. The molecule has 0 bridgehead atoms. The summed E-state index contributed by atoms with van der Waals surface area (Å²) in [6.45, 7) is 29.1. The SMILES string of the molecule is CCC(CC)(OCCC(C)(C)C)C(=O)C(C)OC(CC)(CC)C(C)(C)CC(C)(C)C.